The molecule has 0 N–H and O–H groups in total. The summed E-state index contributed by atoms with van der Waals surface area (Å²) in [6.07, 6.45) is 3.35. The van der Waals surface area contributed by atoms with Crippen LogP contribution in [0.5, 0.6) is 0 Å². The summed E-state index contributed by atoms with van der Waals surface area (Å²) in [5.41, 5.74) is 0.376. The van der Waals surface area contributed by atoms with Crippen molar-refractivity contribution in [2.24, 2.45) is 0 Å². The normalized spacial score (nSPS) is 23.6. The maximum atomic E-state index is 12.4. The topological polar surface area (TPSA) is 39.2 Å². The van der Waals surface area contributed by atoms with E-state index < -0.39 is 5.60 Å². The summed E-state index contributed by atoms with van der Waals surface area (Å²) in [6, 6.07) is 8.00. The number of para-hydroxylation sites is 1. The highest BCUT2D eigenvalue weighted by molar-refractivity contribution is 7.18. The van der Waals surface area contributed by atoms with Gasteiger partial charge in [0, 0.05) is 6.61 Å². The zero-order chi connectivity index (χ0) is 13.3. The maximum Gasteiger partial charge on any atom is 0.171 e. The van der Waals surface area contributed by atoms with Gasteiger partial charge in [-0.15, -0.1) is 11.3 Å². The van der Waals surface area contributed by atoms with Gasteiger partial charge in [-0.2, -0.15) is 0 Å². The Labute approximate surface area is 116 Å². The second kappa shape index (κ2) is 5.02. The van der Waals surface area contributed by atoms with Crippen LogP contribution in [-0.2, 0) is 16.0 Å². The first kappa shape index (κ1) is 12.8. The van der Waals surface area contributed by atoms with Gasteiger partial charge in [0.1, 0.15) is 10.6 Å². The number of rotatable bonds is 3. The molecule has 1 saturated heterocycles. The van der Waals surface area contributed by atoms with E-state index in [1.54, 1.807) is 11.3 Å². The summed E-state index contributed by atoms with van der Waals surface area (Å²) in [4.78, 5) is 16.9. The Kier molecular flexibility index (Phi) is 3.37. The van der Waals surface area contributed by atoms with Crippen molar-refractivity contribution in [3.8, 4) is 0 Å². The van der Waals surface area contributed by atoms with Crippen LogP contribution in [0.1, 0.15) is 31.2 Å². The van der Waals surface area contributed by atoms with Crippen molar-refractivity contribution in [2.45, 2.75) is 38.2 Å². The first-order valence-corrected chi connectivity index (χ1v) is 7.51. The lowest BCUT2D eigenvalue weighted by molar-refractivity contribution is -0.147. The van der Waals surface area contributed by atoms with Gasteiger partial charge in [-0.3, -0.25) is 4.79 Å². The third kappa shape index (κ3) is 2.55. The van der Waals surface area contributed by atoms with E-state index in [0.717, 1.165) is 34.5 Å². The molecular weight excluding hydrogens is 258 g/mol. The molecule has 0 saturated carbocycles. The molecule has 3 rings (SSSR count). The quantitative estimate of drug-likeness (QED) is 0.862. The summed E-state index contributed by atoms with van der Waals surface area (Å²) in [6.45, 7) is 2.61. The lowest BCUT2D eigenvalue weighted by Crippen LogP contribution is -2.42. The maximum absolute atomic E-state index is 12.4. The molecule has 0 aliphatic carbocycles. The number of ether oxygens (including phenoxy) is 1. The average Bonchev–Trinajstić information content (AvgIpc) is 2.81. The van der Waals surface area contributed by atoms with Crippen LogP contribution in [0.3, 0.4) is 0 Å². The Morgan fingerprint density at radius 2 is 2.26 bits per heavy atom. The van der Waals surface area contributed by atoms with Crippen molar-refractivity contribution in [1.82, 2.24) is 4.98 Å². The van der Waals surface area contributed by atoms with Crippen LogP contribution in [0.25, 0.3) is 10.2 Å². The number of aromatic nitrogens is 1. The summed E-state index contributed by atoms with van der Waals surface area (Å²) < 4.78 is 6.84. The van der Waals surface area contributed by atoms with Crippen molar-refractivity contribution < 1.29 is 9.53 Å². The number of carbonyl (C=O) groups is 1. The number of carbonyl (C=O) groups excluding carboxylic acids is 1. The monoisotopic (exact) mass is 275 g/mol. The molecule has 0 amide bonds. The van der Waals surface area contributed by atoms with Crippen LogP contribution >= 0.6 is 11.3 Å². The zero-order valence-corrected chi connectivity index (χ0v) is 11.8. The molecule has 19 heavy (non-hydrogen) atoms. The fourth-order valence-electron chi connectivity index (χ4n) is 2.47. The number of hydrogen-bond acceptors (Lipinski definition) is 4. The number of nitrogens with zero attached hydrogens (tertiary/aromatic N) is 1. The van der Waals surface area contributed by atoms with Crippen LogP contribution < -0.4 is 0 Å². The van der Waals surface area contributed by atoms with Crippen molar-refractivity contribution in [1.29, 1.82) is 0 Å². The molecule has 1 fully saturated rings. The van der Waals surface area contributed by atoms with Gasteiger partial charge in [-0.05, 0) is 38.3 Å². The summed E-state index contributed by atoms with van der Waals surface area (Å²) in [5.74, 6) is 0.159. The fraction of sp³-hybridized carbons (Fsp3) is 0.467. The van der Waals surface area contributed by atoms with E-state index in [4.69, 9.17) is 4.74 Å². The van der Waals surface area contributed by atoms with Crippen molar-refractivity contribution in [3.05, 3.63) is 29.3 Å². The number of benzene rings is 1. The molecule has 0 radical (unpaired) electrons. The fourth-order valence-corrected chi connectivity index (χ4v) is 3.44. The minimum Gasteiger partial charge on any atom is -0.367 e. The van der Waals surface area contributed by atoms with Gasteiger partial charge in [-0.25, -0.2) is 4.98 Å². The third-order valence-electron chi connectivity index (χ3n) is 3.71. The molecule has 1 aromatic carbocycles. The molecule has 2 heterocycles. The highest BCUT2D eigenvalue weighted by Gasteiger charge is 2.35. The predicted molar refractivity (Wildman–Crippen MR) is 76.5 cm³/mol. The van der Waals surface area contributed by atoms with Crippen molar-refractivity contribution >= 4 is 27.3 Å². The predicted octanol–water partition coefficient (Wildman–Crippen LogP) is 3.37. The van der Waals surface area contributed by atoms with Crippen molar-refractivity contribution in [2.75, 3.05) is 6.61 Å². The molecule has 1 unspecified atom stereocenters. The second-order valence-electron chi connectivity index (χ2n) is 5.21. The van der Waals surface area contributed by atoms with Crippen LogP contribution in [-0.4, -0.2) is 23.0 Å². The highest BCUT2D eigenvalue weighted by atomic mass is 32.1. The molecule has 100 valence electrons. The molecular formula is C15H17NO2S. The van der Waals surface area contributed by atoms with E-state index in [9.17, 15) is 4.79 Å². The van der Waals surface area contributed by atoms with E-state index in [-0.39, 0.29) is 5.78 Å². The summed E-state index contributed by atoms with van der Waals surface area (Å²) in [7, 11) is 0. The number of ketones is 1. The molecule has 1 aliphatic heterocycles. The smallest absolute Gasteiger partial charge is 0.171 e. The summed E-state index contributed by atoms with van der Waals surface area (Å²) >= 11 is 1.60. The Morgan fingerprint density at radius 3 is 3.00 bits per heavy atom. The van der Waals surface area contributed by atoms with Crippen LogP contribution in [0, 0.1) is 0 Å². The number of hydrogen-bond donors (Lipinski definition) is 0. The minimum absolute atomic E-state index is 0.159. The first-order valence-electron chi connectivity index (χ1n) is 6.69. The average molecular weight is 275 g/mol. The lowest BCUT2D eigenvalue weighted by Gasteiger charge is -2.32. The van der Waals surface area contributed by atoms with Gasteiger partial charge in [0.25, 0.3) is 0 Å². The van der Waals surface area contributed by atoms with Gasteiger partial charge < -0.3 is 4.74 Å². The van der Waals surface area contributed by atoms with Gasteiger partial charge in [0.15, 0.2) is 5.78 Å². The van der Waals surface area contributed by atoms with Gasteiger partial charge >= 0.3 is 0 Å². The Balaban J connectivity index is 1.78. The molecule has 0 spiro atoms. The lowest BCUT2D eigenvalue weighted by atomic mass is 9.90. The molecule has 1 aliphatic rings. The molecule has 1 aromatic heterocycles. The van der Waals surface area contributed by atoms with Crippen molar-refractivity contribution in [3.63, 3.8) is 0 Å². The molecule has 2 aromatic rings. The minimum atomic E-state index is -0.601. The third-order valence-corrected chi connectivity index (χ3v) is 4.74. The molecule has 1 atom stereocenters. The van der Waals surface area contributed by atoms with E-state index in [2.05, 4.69) is 4.98 Å². The van der Waals surface area contributed by atoms with Gasteiger partial charge in [-0.1, -0.05) is 12.1 Å². The van der Waals surface area contributed by atoms with Crippen LogP contribution in [0.2, 0.25) is 0 Å². The van der Waals surface area contributed by atoms with E-state index in [1.807, 2.05) is 31.2 Å². The summed E-state index contributed by atoms with van der Waals surface area (Å²) in [5, 5.41) is 0.890. The van der Waals surface area contributed by atoms with Crippen LogP contribution in [0.15, 0.2) is 24.3 Å². The molecule has 4 heteroatoms. The standard InChI is InChI=1S/C15H17NO2S/c1-15(8-4-5-9-18-15)13(17)10-14-16-11-6-2-3-7-12(11)19-14/h2-3,6-7H,4-5,8-10H2,1H3. The van der Waals surface area contributed by atoms with E-state index >= 15 is 0 Å². The van der Waals surface area contributed by atoms with Gasteiger partial charge in [0.05, 0.1) is 16.6 Å². The number of thiazole rings is 1. The van der Waals surface area contributed by atoms with Crippen LogP contribution in [0.4, 0.5) is 0 Å². The Hall–Kier alpha value is -1.26. The van der Waals surface area contributed by atoms with E-state index in [0.29, 0.717) is 13.0 Å². The number of fused-ring (bicyclic) bond motifs is 1. The highest BCUT2D eigenvalue weighted by Crippen LogP contribution is 2.28. The number of Topliss-reactive ketones (excluding diaryl/α,β-unsaturated/α-hetero) is 1. The largest absolute Gasteiger partial charge is 0.367 e. The first-order chi connectivity index (χ1) is 9.17. The molecule has 3 nitrogen and oxygen atoms in total. The van der Waals surface area contributed by atoms with Gasteiger partial charge in [0.2, 0.25) is 0 Å². The SMILES string of the molecule is CC1(C(=O)Cc2nc3ccccc3s2)CCCCO1. The van der Waals surface area contributed by atoms with E-state index in [1.165, 1.54) is 0 Å². The molecule has 0 bridgehead atoms. The zero-order valence-electron chi connectivity index (χ0n) is 11.0. The second-order valence-corrected chi connectivity index (χ2v) is 6.33. The Morgan fingerprint density at radius 1 is 1.42 bits per heavy atom. The Bertz CT molecular complexity index is 566.